The largest absolute Gasteiger partial charge is 0.417 e. The van der Waals surface area contributed by atoms with E-state index in [2.05, 4.69) is 31.1 Å². The Labute approximate surface area is 145 Å². The zero-order valence-corrected chi connectivity index (χ0v) is 14.7. The first kappa shape index (κ1) is 18.1. The lowest BCUT2D eigenvalue weighted by Gasteiger charge is -2.14. The molecule has 0 fully saturated rings. The summed E-state index contributed by atoms with van der Waals surface area (Å²) < 4.78 is 51.4. The maximum absolute atomic E-state index is 13.0. The Morgan fingerprint density at radius 3 is 2.52 bits per heavy atom. The van der Waals surface area contributed by atoms with Gasteiger partial charge in [-0.05, 0) is 19.1 Å². The van der Waals surface area contributed by atoms with E-state index in [1.165, 1.54) is 6.92 Å². The van der Waals surface area contributed by atoms with Crippen molar-refractivity contribution >= 4 is 40.2 Å². The van der Waals surface area contributed by atoms with Crippen molar-refractivity contribution in [3.8, 4) is 0 Å². The van der Waals surface area contributed by atoms with Crippen LogP contribution in [0.2, 0.25) is 0 Å². The number of hydrogen-bond acceptors (Lipinski definition) is 4. The van der Waals surface area contributed by atoms with Crippen molar-refractivity contribution in [3.05, 3.63) is 38.3 Å². The van der Waals surface area contributed by atoms with Gasteiger partial charge < -0.3 is 14.8 Å². The lowest BCUT2D eigenvalue weighted by atomic mass is 10.2. The number of alkyl halides is 3. The fourth-order valence-corrected chi connectivity index (χ4v) is 3.37. The highest BCUT2D eigenvalue weighted by Gasteiger charge is 2.35. The number of benzene rings is 1. The molecule has 0 aliphatic heterocycles. The summed E-state index contributed by atoms with van der Waals surface area (Å²) in [5.74, 6) is -0.230. The van der Waals surface area contributed by atoms with E-state index in [0.717, 1.165) is 16.5 Å². The number of fused-ring (bicyclic) bond motifs is 3. The highest BCUT2D eigenvalue weighted by molar-refractivity contribution is 9.10. The Hall–Kier alpha value is -1.75. The van der Waals surface area contributed by atoms with Gasteiger partial charge >= 0.3 is 13.8 Å². The van der Waals surface area contributed by atoms with Crippen molar-refractivity contribution in [2.75, 3.05) is 0 Å². The molecule has 0 aliphatic rings. The van der Waals surface area contributed by atoms with Gasteiger partial charge in [-0.25, -0.2) is 0 Å². The van der Waals surface area contributed by atoms with E-state index < -0.39 is 30.6 Å². The number of H-pyrrole nitrogens is 1. The number of rotatable bonds is 2. The third-order valence-electron chi connectivity index (χ3n) is 3.65. The monoisotopic (exact) mass is 440 g/mol. The van der Waals surface area contributed by atoms with Crippen LogP contribution in [0.5, 0.6) is 0 Å². The molecule has 2 heterocycles. The van der Waals surface area contributed by atoms with Crippen LogP contribution in [0, 0.1) is 0 Å². The third kappa shape index (κ3) is 2.99. The van der Waals surface area contributed by atoms with Gasteiger partial charge in [-0.1, -0.05) is 15.9 Å². The standard InChI is InChI=1S/C12H9BrF3N4O4P/c1-4(25(22,23)24)9-18-19-10-11(21)17-7-2-5(12(14,15)16)6(13)3-8(7)20(9)10/h2-4H,1H3,(H,17,21)(H2,22,23,24). The maximum atomic E-state index is 13.0. The summed E-state index contributed by atoms with van der Waals surface area (Å²) in [4.78, 5) is 33.0. The fraction of sp³-hybridized carbons (Fsp3) is 0.250. The molecule has 0 saturated heterocycles. The Kier molecular flexibility index (Phi) is 4.06. The molecule has 0 bridgehead atoms. The first-order chi connectivity index (χ1) is 11.4. The fourth-order valence-electron chi connectivity index (χ4n) is 2.35. The predicted octanol–water partition coefficient (Wildman–Crippen LogP) is 2.59. The number of nitrogens with one attached hydrogen (secondary N) is 1. The molecule has 0 aliphatic carbocycles. The van der Waals surface area contributed by atoms with E-state index in [0.29, 0.717) is 0 Å². The van der Waals surface area contributed by atoms with Crippen LogP contribution >= 0.6 is 23.5 Å². The van der Waals surface area contributed by atoms with Crippen molar-refractivity contribution in [2.45, 2.75) is 18.8 Å². The number of aromatic nitrogens is 4. The van der Waals surface area contributed by atoms with E-state index in [1.54, 1.807) is 0 Å². The van der Waals surface area contributed by atoms with Crippen molar-refractivity contribution in [2.24, 2.45) is 0 Å². The Balaban J connectivity index is 2.45. The number of halogens is 4. The lowest BCUT2D eigenvalue weighted by molar-refractivity contribution is -0.138. The van der Waals surface area contributed by atoms with Gasteiger partial charge in [0.15, 0.2) is 5.82 Å². The molecule has 3 N–H and O–H groups in total. The molecule has 3 rings (SSSR count). The van der Waals surface area contributed by atoms with Crippen LogP contribution in [0.4, 0.5) is 13.2 Å². The molecule has 0 amide bonds. The second-order valence-electron chi connectivity index (χ2n) is 5.28. The van der Waals surface area contributed by atoms with E-state index >= 15 is 0 Å². The number of aromatic amines is 1. The van der Waals surface area contributed by atoms with Crippen molar-refractivity contribution < 1.29 is 27.5 Å². The van der Waals surface area contributed by atoms with Crippen LogP contribution in [0.1, 0.15) is 24.0 Å². The van der Waals surface area contributed by atoms with E-state index in [1.807, 2.05) is 0 Å². The van der Waals surface area contributed by atoms with Crippen molar-refractivity contribution in [3.63, 3.8) is 0 Å². The maximum Gasteiger partial charge on any atom is 0.417 e. The molecular formula is C12H9BrF3N4O4P. The normalized spacial score (nSPS) is 14.4. The molecule has 8 nitrogen and oxygen atoms in total. The zero-order valence-electron chi connectivity index (χ0n) is 12.2. The van der Waals surface area contributed by atoms with Crippen LogP contribution in [0.15, 0.2) is 21.4 Å². The molecular weight excluding hydrogens is 432 g/mol. The van der Waals surface area contributed by atoms with E-state index in [-0.39, 0.29) is 27.0 Å². The topological polar surface area (TPSA) is 121 Å². The van der Waals surface area contributed by atoms with Gasteiger partial charge in [-0.2, -0.15) is 13.2 Å². The quantitative estimate of drug-likeness (QED) is 0.526. The van der Waals surface area contributed by atoms with Gasteiger partial charge in [0.25, 0.3) is 5.56 Å². The molecule has 25 heavy (non-hydrogen) atoms. The van der Waals surface area contributed by atoms with Gasteiger partial charge in [0.2, 0.25) is 5.65 Å². The summed E-state index contributed by atoms with van der Waals surface area (Å²) in [6, 6.07) is 1.81. The second kappa shape index (κ2) is 5.63. The molecule has 0 spiro atoms. The minimum absolute atomic E-state index is 0.0646. The third-order valence-corrected chi connectivity index (χ3v) is 5.55. The SMILES string of the molecule is CC(c1nnc2c(=O)[nH]c3cc(C(F)(F)F)c(Br)cc3n12)P(=O)(O)O. The van der Waals surface area contributed by atoms with Crippen LogP contribution < -0.4 is 5.56 Å². The molecule has 3 aromatic rings. The Bertz CT molecular complexity index is 1100. The highest BCUT2D eigenvalue weighted by Crippen LogP contribution is 2.51. The van der Waals surface area contributed by atoms with E-state index in [4.69, 9.17) is 0 Å². The Morgan fingerprint density at radius 2 is 1.96 bits per heavy atom. The van der Waals surface area contributed by atoms with Gasteiger partial charge in [-0.15, -0.1) is 10.2 Å². The number of hydrogen-bond donors (Lipinski definition) is 3. The smallest absolute Gasteiger partial charge is 0.324 e. The summed E-state index contributed by atoms with van der Waals surface area (Å²) in [5.41, 5.74) is -3.64. The first-order valence-electron chi connectivity index (χ1n) is 6.64. The second-order valence-corrected chi connectivity index (χ2v) is 8.09. The van der Waals surface area contributed by atoms with Gasteiger partial charge in [0, 0.05) is 4.47 Å². The average molecular weight is 441 g/mol. The summed E-state index contributed by atoms with van der Waals surface area (Å²) in [6.07, 6.45) is -4.66. The Morgan fingerprint density at radius 1 is 1.32 bits per heavy atom. The molecule has 1 aromatic carbocycles. The summed E-state index contributed by atoms with van der Waals surface area (Å²) in [5, 5.41) is 7.23. The summed E-state index contributed by atoms with van der Waals surface area (Å²) in [6.45, 7) is 1.18. The van der Waals surface area contributed by atoms with Gasteiger partial charge in [0.1, 0.15) is 5.66 Å². The molecule has 134 valence electrons. The zero-order chi connectivity index (χ0) is 18.7. The van der Waals surface area contributed by atoms with E-state index in [9.17, 15) is 32.3 Å². The molecule has 2 aromatic heterocycles. The van der Waals surface area contributed by atoms with Crippen LogP contribution in [-0.2, 0) is 10.7 Å². The predicted molar refractivity (Wildman–Crippen MR) is 84.3 cm³/mol. The van der Waals surface area contributed by atoms with Crippen molar-refractivity contribution in [1.82, 2.24) is 19.6 Å². The molecule has 13 heteroatoms. The number of nitrogens with zero attached hydrogens (tertiary/aromatic N) is 3. The average Bonchev–Trinajstić information content (AvgIpc) is 2.90. The van der Waals surface area contributed by atoms with Crippen LogP contribution in [-0.4, -0.2) is 29.4 Å². The summed E-state index contributed by atoms with van der Waals surface area (Å²) >= 11 is 2.83. The molecule has 1 unspecified atom stereocenters. The molecule has 0 radical (unpaired) electrons. The minimum atomic E-state index is -4.66. The van der Waals surface area contributed by atoms with Crippen molar-refractivity contribution in [1.29, 1.82) is 0 Å². The van der Waals surface area contributed by atoms with Crippen LogP contribution in [0.25, 0.3) is 16.7 Å². The minimum Gasteiger partial charge on any atom is -0.324 e. The highest BCUT2D eigenvalue weighted by atomic mass is 79.9. The molecule has 1 atom stereocenters. The molecule has 0 saturated carbocycles. The lowest BCUT2D eigenvalue weighted by Crippen LogP contribution is -2.14. The van der Waals surface area contributed by atoms with Gasteiger partial charge in [0.05, 0.1) is 16.6 Å². The van der Waals surface area contributed by atoms with Gasteiger partial charge in [-0.3, -0.25) is 13.8 Å². The summed E-state index contributed by atoms with van der Waals surface area (Å²) in [7, 11) is -4.62. The first-order valence-corrected chi connectivity index (χ1v) is 9.11. The van der Waals surface area contributed by atoms with Crippen LogP contribution in [0.3, 0.4) is 0 Å².